The fourth-order valence-electron chi connectivity index (χ4n) is 2.88. The smallest absolute Gasteiger partial charge is 0.233 e. The van der Waals surface area contributed by atoms with E-state index in [9.17, 15) is 9.59 Å². The Morgan fingerprint density at radius 1 is 0.810 bits per heavy atom. The summed E-state index contributed by atoms with van der Waals surface area (Å²) in [6, 6.07) is 13.5. The van der Waals surface area contributed by atoms with Crippen LogP contribution in [-0.4, -0.2) is 11.6 Å². The zero-order chi connectivity index (χ0) is 14.6. The van der Waals surface area contributed by atoms with Gasteiger partial charge in [-0.3, -0.25) is 9.59 Å². The third-order valence-electron chi connectivity index (χ3n) is 3.96. The molecule has 0 fully saturated rings. The summed E-state index contributed by atoms with van der Waals surface area (Å²) >= 11 is 0. The number of fused-ring (bicyclic) bond motifs is 3. The summed E-state index contributed by atoms with van der Waals surface area (Å²) in [5.41, 5.74) is 8.16. The largest absolute Gasteiger partial charge is 0.398 e. The standard InChI is InChI=1S/C18H11NO2/c19-17-13-4-2-1-3-10(13)7-12-9-15-11(8-14(12)17)5-6-16(20)18(15)21/h1-9H,19H2. The summed E-state index contributed by atoms with van der Waals surface area (Å²) in [6.45, 7) is 0. The van der Waals surface area contributed by atoms with Gasteiger partial charge in [-0.15, -0.1) is 0 Å². The Morgan fingerprint density at radius 2 is 1.62 bits per heavy atom. The number of hydrogen-bond donors (Lipinski definition) is 1. The Hall–Kier alpha value is -2.94. The highest BCUT2D eigenvalue weighted by Crippen LogP contribution is 2.33. The minimum Gasteiger partial charge on any atom is -0.398 e. The van der Waals surface area contributed by atoms with Crippen molar-refractivity contribution in [2.75, 3.05) is 5.73 Å². The molecule has 0 radical (unpaired) electrons. The summed E-state index contributed by atoms with van der Waals surface area (Å²) in [5, 5.41) is 3.79. The first-order valence-corrected chi connectivity index (χ1v) is 6.67. The second-order valence-corrected chi connectivity index (χ2v) is 5.20. The fraction of sp³-hybridized carbons (Fsp3) is 0. The van der Waals surface area contributed by atoms with Crippen LogP contribution in [-0.2, 0) is 4.79 Å². The van der Waals surface area contributed by atoms with Gasteiger partial charge in [-0.1, -0.05) is 30.3 Å². The van der Waals surface area contributed by atoms with Crippen molar-refractivity contribution in [1.82, 2.24) is 0 Å². The van der Waals surface area contributed by atoms with Crippen LogP contribution in [0.15, 0.2) is 48.5 Å². The van der Waals surface area contributed by atoms with E-state index in [1.807, 2.05) is 36.4 Å². The summed E-state index contributed by atoms with van der Waals surface area (Å²) in [6.07, 6.45) is 2.99. The average molecular weight is 273 g/mol. The van der Waals surface area contributed by atoms with E-state index in [-0.39, 0.29) is 0 Å². The maximum absolute atomic E-state index is 12.0. The van der Waals surface area contributed by atoms with Crippen LogP contribution in [0, 0.1) is 0 Å². The average Bonchev–Trinajstić information content (AvgIpc) is 2.51. The number of Topliss-reactive ketones (excluding diaryl/α,β-unsaturated/α-hetero) is 1. The van der Waals surface area contributed by atoms with Crippen LogP contribution in [0.25, 0.3) is 27.6 Å². The second-order valence-electron chi connectivity index (χ2n) is 5.20. The van der Waals surface area contributed by atoms with Gasteiger partial charge in [-0.25, -0.2) is 0 Å². The molecule has 3 aromatic carbocycles. The molecule has 0 bridgehead atoms. The first kappa shape index (κ1) is 11.9. The molecular formula is C18H11NO2. The summed E-state index contributed by atoms with van der Waals surface area (Å²) in [7, 11) is 0. The topological polar surface area (TPSA) is 60.2 Å². The SMILES string of the molecule is Nc1c2ccccc2cc2cc3c(cc12)C=CC(=O)C3=O. The number of nitrogens with two attached hydrogens (primary N) is 1. The molecule has 2 N–H and O–H groups in total. The molecule has 0 amide bonds. The minimum absolute atomic E-state index is 0.449. The van der Waals surface area contributed by atoms with Gasteiger partial charge < -0.3 is 5.73 Å². The van der Waals surface area contributed by atoms with Crippen LogP contribution >= 0.6 is 0 Å². The molecule has 1 aliphatic rings. The first-order valence-electron chi connectivity index (χ1n) is 6.67. The molecule has 3 aromatic rings. The number of carbonyl (C=O) groups excluding carboxylic acids is 2. The normalized spacial score (nSPS) is 13.9. The molecular weight excluding hydrogens is 262 g/mol. The Labute approximate surface area is 120 Å². The molecule has 3 heteroatoms. The molecule has 100 valence electrons. The van der Waals surface area contributed by atoms with E-state index < -0.39 is 11.6 Å². The van der Waals surface area contributed by atoms with Crippen LogP contribution in [0.4, 0.5) is 5.69 Å². The van der Waals surface area contributed by atoms with E-state index in [0.717, 1.165) is 27.1 Å². The van der Waals surface area contributed by atoms with Crippen LogP contribution < -0.4 is 5.73 Å². The lowest BCUT2D eigenvalue weighted by molar-refractivity contribution is -0.110. The number of allylic oxidation sites excluding steroid dienone is 1. The lowest BCUT2D eigenvalue weighted by Crippen LogP contribution is -2.16. The Morgan fingerprint density at radius 3 is 2.48 bits per heavy atom. The maximum Gasteiger partial charge on any atom is 0.233 e. The molecule has 0 spiro atoms. The lowest BCUT2D eigenvalue weighted by Gasteiger charge is -2.13. The number of benzene rings is 3. The molecule has 0 atom stereocenters. The van der Waals surface area contributed by atoms with Gasteiger partial charge in [0.2, 0.25) is 11.6 Å². The van der Waals surface area contributed by atoms with Crippen molar-refractivity contribution in [2.24, 2.45) is 0 Å². The molecule has 0 heterocycles. The zero-order valence-electron chi connectivity index (χ0n) is 11.1. The van der Waals surface area contributed by atoms with Gasteiger partial charge in [0.15, 0.2) is 0 Å². The molecule has 4 rings (SSSR count). The second kappa shape index (κ2) is 4.03. The van der Waals surface area contributed by atoms with Crippen molar-refractivity contribution >= 4 is 44.9 Å². The minimum atomic E-state index is -0.476. The van der Waals surface area contributed by atoms with Gasteiger partial charge in [0, 0.05) is 22.0 Å². The maximum atomic E-state index is 12.0. The number of carbonyl (C=O) groups is 2. The van der Waals surface area contributed by atoms with Gasteiger partial charge in [-0.2, -0.15) is 0 Å². The van der Waals surface area contributed by atoms with E-state index >= 15 is 0 Å². The summed E-state index contributed by atoms with van der Waals surface area (Å²) < 4.78 is 0. The van der Waals surface area contributed by atoms with Crippen LogP contribution in [0.2, 0.25) is 0 Å². The highest BCUT2D eigenvalue weighted by atomic mass is 16.2. The van der Waals surface area contributed by atoms with E-state index in [2.05, 4.69) is 0 Å². The predicted octanol–water partition coefficient (Wildman–Crippen LogP) is 3.35. The fourth-order valence-corrected chi connectivity index (χ4v) is 2.88. The van der Waals surface area contributed by atoms with Crippen molar-refractivity contribution in [1.29, 1.82) is 0 Å². The molecule has 0 aliphatic heterocycles. The van der Waals surface area contributed by atoms with Gasteiger partial charge in [0.25, 0.3) is 0 Å². The number of rotatable bonds is 0. The molecule has 0 saturated carbocycles. The number of nitrogen functional groups attached to an aromatic ring is 1. The van der Waals surface area contributed by atoms with Crippen molar-refractivity contribution in [2.45, 2.75) is 0 Å². The lowest BCUT2D eigenvalue weighted by atomic mass is 9.90. The van der Waals surface area contributed by atoms with Crippen LogP contribution in [0.1, 0.15) is 15.9 Å². The number of ketones is 2. The van der Waals surface area contributed by atoms with E-state index in [1.54, 1.807) is 12.1 Å². The first-order chi connectivity index (χ1) is 10.1. The van der Waals surface area contributed by atoms with E-state index in [4.69, 9.17) is 5.73 Å². The van der Waals surface area contributed by atoms with Crippen molar-refractivity contribution in [3.8, 4) is 0 Å². The molecule has 21 heavy (non-hydrogen) atoms. The summed E-state index contributed by atoms with van der Waals surface area (Å²) in [4.78, 5) is 23.5. The number of anilines is 1. The van der Waals surface area contributed by atoms with E-state index in [0.29, 0.717) is 11.3 Å². The van der Waals surface area contributed by atoms with Crippen molar-refractivity contribution in [3.63, 3.8) is 0 Å². The van der Waals surface area contributed by atoms with Crippen LogP contribution in [0.5, 0.6) is 0 Å². The Balaban J connectivity index is 2.15. The molecule has 1 aliphatic carbocycles. The van der Waals surface area contributed by atoms with Gasteiger partial charge in [-0.05, 0) is 40.6 Å². The molecule has 0 saturated heterocycles. The van der Waals surface area contributed by atoms with Gasteiger partial charge >= 0.3 is 0 Å². The molecule has 0 aromatic heterocycles. The predicted molar refractivity (Wildman–Crippen MR) is 84.2 cm³/mol. The highest BCUT2D eigenvalue weighted by Gasteiger charge is 2.21. The van der Waals surface area contributed by atoms with E-state index in [1.165, 1.54) is 6.08 Å². The van der Waals surface area contributed by atoms with Gasteiger partial charge in [0.05, 0.1) is 0 Å². The highest BCUT2D eigenvalue weighted by molar-refractivity contribution is 6.50. The quantitative estimate of drug-likeness (QED) is 0.388. The Kier molecular flexibility index (Phi) is 2.27. The molecule has 0 unspecified atom stereocenters. The van der Waals surface area contributed by atoms with Crippen molar-refractivity contribution < 1.29 is 9.59 Å². The van der Waals surface area contributed by atoms with Crippen molar-refractivity contribution in [3.05, 3.63) is 59.7 Å². The van der Waals surface area contributed by atoms with Gasteiger partial charge in [0.1, 0.15) is 0 Å². The molecule has 3 nitrogen and oxygen atoms in total. The number of hydrogen-bond acceptors (Lipinski definition) is 3. The third-order valence-corrected chi connectivity index (χ3v) is 3.96. The third kappa shape index (κ3) is 1.61. The summed E-state index contributed by atoms with van der Waals surface area (Å²) in [5.74, 6) is -0.934. The monoisotopic (exact) mass is 273 g/mol. The Bertz CT molecular complexity index is 983. The van der Waals surface area contributed by atoms with Crippen LogP contribution in [0.3, 0.4) is 0 Å². The zero-order valence-corrected chi connectivity index (χ0v) is 11.1.